The van der Waals surface area contributed by atoms with Crippen LogP contribution in [0.2, 0.25) is 0 Å². The van der Waals surface area contributed by atoms with Crippen molar-refractivity contribution in [1.82, 2.24) is 0 Å². The van der Waals surface area contributed by atoms with E-state index in [4.69, 9.17) is 0 Å². The van der Waals surface area contributed by atoms with Gasteiger partial charge in [0.1, 0.15) is 0 Å². The third-order valence-corrected chi connectivity index (χ3v) is 7.58. The number of benzene rings is 4. The van der Waals surface area contributed by atoms with E-state index in [1.807, 2.05) is 0 Å². The van der Waals surface area contributed by atoms with Gasteiger partial charge >= 0.3 is 0 Å². The number of anilines is 2. The Morgan fingerprint density at radius 3 is 1.08 bits per heavy atom. The van der Waals surface area contributed by atoms with E-state index in [-0.39, 0.29) is 0 Å². The van der Waals surface area contributed by atoms with Crippen molar-refractivity contribution in [3.8, 4) is 0 Å². The Kier molecular flexibility index (Phi) is 10.7. The van der Waals surface area contributed by atoms with Crippen molar-refractivity contribution in [2.45, 2.75) is 71.9 Å². The molecule has 0 N–H and O–H groups in total. The molecule has 0 heterocycles. The highest BCUT2D eigenvalue weighted by atomic mass is 15.2. The summed E-state index contributed by atoms with van der Waals surface area (Å²) in [6, 6.07) is 40.8. The van der Waals surface area contributed by atoms with E-state index in [0.717, 1.165) is 25.9 Å². The van der Waals surface area contributed by atoms with Gasteiger partial charge in [-0.2, -0.15) is 0 Å². The van der Waals surface area contributed by atoms with Crippen molar-refractivity contribution in [2.24, 2.45) is 0 Å². The van der Waals surface area contributed by atoms with E-state index >= 15 is 0 Å². The van der Waals surface area contributed by atoms with Crippen LogP contribution in [-0.2, 0) is 12.8 Å². The first kappa shape index (κ1) is 28.5. The fraction of sp³-hybridized carbons (Fsp3) is 0.351. The third-order valence-electron chi connectivity index (χ3n) is 7.58. The fourth-order valence-corrected chi connectivity index (χ4v) is 5.39. The summed E-state index contributed by atoms with van der Waals surface area (Å²) in [6.45, 7) is 11.4. The highest BCUT2D eigenvalue weighted by molar-refractivity contribution is 5.50. The highest BCUT2D eigenvalue weighted by Crippen LogP contribution is 2.22. The lowest BCUT2D eigenvalue weighted by molar-refractivity contribution is 0.588. The Morgan fingerprint density at radius 2 is 0.744 bits per heavy atom. The molecule has 0 saturated heterocycles. The van der Waals surface area contributed by atoms with Gasteiger partial charge in [-0.05, 0) is 106 Å². The van der Waals surface area contributed by atoms with E-state index in [0.29, 0.717) is 12.1 Å². The molecule has 0 fully saturated rings. The summed E-state index contributed by atoms with van der Waals surface area (Å²) in [5, 5.41) is 0. The molecule has 4 rings (SSSR count). The summed E-state index contributed by atoms with van der Waals surface area (Å²) in [6.07, 6.45) is 5.65. The van der Waals surface area contributed by atoms with Gasteiger partial charge in [0.25, 0.3) is 0 Å². The van der Waals surface area contributed by atoms with Gasteiger partial charge in [0, 0.05) is 36.5 Å². The summed E-state index contributed by atoms with van der Waals surface area (Å²) in [5.41, 5.74) is 8.14. The van der Waals surface area contributed by atoms with Crippen LogP contribution in [-0.4, -0.2) is 25.2 Å². The minimum atomic E-state index is 0.492. The van der Waals surface area contributed by atoms with Crippen LogP contribution in [0.15, 0.2) is 109 Å². The van der Waals surface area contributed by atoms with E-state index in [9.17, 15) is 0 Å². The second-order valence-electron chi connectivity index (χ2n) is 11.3. The van der Waals surface area contributed by atoms with E-state index in [2.05, 4.69) is 147 Å². The van der Waals surface area contributed by atoms with E-state index in [1.54, 1.807) is 0 Å². The van der Waals surface area contributed by atoms with Crippen molar-refractivity contribution < 1.29 is 0 Å². The van der Waals surface area contributed by atoms with Gasteiger partial charge in [-0.3, -0.25) is 0 Å². The standard InChI is InChI=1S/C37H46N2/c1-30(2)38(36-22-18-34(19-23-36)28-32-14-8-5-9-15-32)26-12-7-13-27-39(31(3)4)37-24-20-35(21-25-37)29-33-16-10-6-11-17-33/h5-6,8-11,14-25,30-31H,7,12-13,26-29H2,1-4H3. The summed E-state index contributed by atoms with van der Waals surface area (Å²) < 4.78 is 0. The van der Waals surface area contributed by atoms with Crippen molar-refractivity contribution in [2.75, 3.05) is 22.9 Å². The van der Waals surface area contributed by atoms with Gasteiger partial charge < -0.3 is 9.80 Å². The predicted octanol–water partition coefficient (Wildman–Crippen LogP) is 9.17. The van der Waals surface area contributed by atoms with Crippen LogP contribution in [0, 0.1) is 0 Å². The molecule has 0 aliphatic rings. The zero-order valence-corrected chi connectivity index (χ0v) is 24.4. The maximum atomic E-state index is 2.55. The molecule has 4 aromatic rings. The Bertz CT molecular complexity index is 1110. The first-order valence-corrected chi connectivity index (χ1v) is 14.8. The van der Waals surface area contributed by atoms with Gasteiger partial charge in [0.2, 0.25) is 0 Å². The lowest BCUT2D eigenvalue weighted by Gasteiger charge is -2.31. The Morgan fingerprint density at radius 1 is 0.410 bits per heavy atom. The minimum Gasteiger partial charge on any atom is -0.369 e. The number of unbranched alkanes of at least 4 members (excludes halogenated alkanes) is 2. The van der Waals surface area contributed by atoms with Crippen LogP contribution >= 0.6 is 0 Å². The molecule has 0 saturated carbocycles. The second-order valence-corrected chi connectivity index (χ2v) is 11.3. The maximum Gasteiger partial charge on any atom is 0.0368 e. The molecule has 4 aromatic carbocycles. The zero-order valence-electron chi connectivity index (χ0n) is 24.4. The van der Waals surface area contributed by atoms with Gasteiger partial charge in [-0.15, -0.1) is 0 Å². The minimum absolute atomic E-state index is 0.492. The molecule has 2 nitrogen and oxygen atoms in total. The number of rotatable bonds is 14. The SMILES string of the molecule is CC(C)N(CCCCCN(c1ccc(Cc2ccccc2)cc1)C(C)C)c1ccc(Cc2ccccc2)cc1. The first-order chi connectivity index (χ1) is 19.0. The predicted molar refractivity (Wildman–Crippen MR) is 170 cm³/mol. The molecule has 0 bridgehead atoms. The number of hydrogen-bond donors (Lipinski definition) is 0. The molecular formula is C37H46N2. The monoisotopic (exact) mass is 518 g/mol. The number of hydrogen-bond acceptors (Lipinski definition) is 2. The molecule has 0 aromatic heterocycles. The molecule has 0 atom stereocenters. The topological polar surface area (TPSA) is 6.48 Å². The molecule has 0 amide bonds. The molecule has 39 heavy (non-hydrogen) atoms. The Balaban J connectivity index is 1.25. The molecule has 2 heteroatoms. The summed E-state index contributed by atoms with van der Waals surface area (Å²) >= 11 is 0. The smallest absolute Gasteiger partial charge is 0.0368 e. The van der Waals surface area contributed by atoms with Crippen molar-refractivity contribution in [1.29, 1.82) is 0 Å². The van der Waals surface area contributed by atoms with Crippen molar-refractivity contribution in [3.63, 3.8) is 0 Å². The lowest BCUT2D eigenvalue weighted by Crippen LogP contribution is -2.33. The molecule has 0 unspecified atom stereocenters. The molecule has 0 aliphatic carbocycles. The molecule has 204 valence electrons. The summed E-state index contributed by atoms with van der Waals surface area (Å²) in [7, 11) is 0. The highest BCUT2D eigenvalue weighted by Gasteiger charge is 2.13. The molecular weight excluding hydrogens is 472 g/mol. The third kappa shape index (κ3) is 8.75. The average Bonchev–Trinajstić information content (AvgIpc) is 2.95. The quantitative estimate of drug-likeness (QED) is 0.154. The number of nitrogens with zero attached hydrogens (tertiary/aromatic N) is 2. The molecule has 0 spiro atoms. The molecule has 0 radical (unpaired) electrons. The van der Waals surface area contributed by atoms with Gasteiger partial charge in [-0.25, -0.2) is 0 Å². The summed E-state index contributed by atoms with van der Waals surface area (Å²) in [4.78, 5) is 5.11. The van der Waals surface area contributed by atoms with Crippen LogP contribution in [0.4, 0.5) is 11.4 Å². The van der Waals surface area contributed by atoms with Crippen molar-refractivity contribution >= 4 is 11.4 Å². The average molecular weight is 519 g/mol. The first-order valence-electron chi connectivity index (χ1n) is 14.8. The Labute approximate surface area is 237 Å². The van der Waals surface area contributed by atoms with Crippen LogP contribution in [0.3, 0.4) is 0 Å². The van der Waals surface area contributed by atoms with Gasteiger partial charge in [0.15, 0.2) is 0 Å². The fourth-order valence-electron chi connectivity index (χ4n) is 5.39. The molecule has 0 aliphatic heterocycles. The van der Waals surface area contributed by atoms with Crippen LogP contribution in [0.1, 0.15) is 69.2 Å². The largest absolute Gasteiger partial charge is 0.369 e. The second kappa shape index (κ2) is 14.6. The van der Waals surface area contributed by atoms with Crippen LogP contribution < -0.4 is 9.80 Å². The summed E-state index contributed by atoms with van der Waals surface area (Å²) in [5.74, 6) is 0. The normalized spacial score (nSPS) is 11.2. The van der Waals surface area contributed by atoms with Gasteiger partial charge in [-0.1, -0.05) is 84.9 Å². The Hall–Kier alpha value is -3.52. The van der Waals surface area contributed by atoms with Crippen LogP contribution in [0.25, 0.3) is 0 Å². The van der Waals surface area contributed by atoms with E-state index < -0.39 is 0 Å². The maximum absolute atomic E-state index is 2.55. The van der Waals surface area contributed by atoms with E-state index in [1.165, 1.54) is 52.9 Å². The van der Waals surface area contributed by atoms with Gasteiger partial charge in [0.05, 0.1) is 0 Å². The zero-order chi connectivity index (χ0) is 27.5. The van der Waals surface area contributed by atoms with Crippen molar-refractivity contribution in [3.05, 3.63) is 131 Å². The van der Waals surface area contributed by atoms with Crippen LogP contribution in [0.5, 0.6) is 0 Å². The lowest BCUT2D eigenvalue weighted by atomic mass is 10.0.